The molecule has 0 heterocycles. The molecule has 1 rings (SSSR count). The van der Waals surface area contributed by atoms with Crippen molar-refractivity contribution < 1.29 is 13.7 Å². The minimum Gasteiger partial charge on any atom is -0.377 e. The molecule has 18 heavy (non-hydrogen) atoms. The van der Waals surface area contributed by atoms with Crippen LogP contribution in [0.5, 0.6) is 0 Å². The summed E-state index contributed by atoms with van der Waals surface area (Å²) in [5, 5.41) is 13.3. The van der Waals surface area contributed by atoms with Gasteiger partial charge in [-0.3, -0.25) is 10.1 Å². The lowest BCUT2D eigenvalue weighted by Gasteiger charge is -2.08. The van der Waals surface area contributed by atoms with Crippen LogP contribution in [0.4, 0.5) is 20.2 Å². The van der Waals surface area contributed by atoms with E-state index in [1.807, 2.05) is 0 Å². The van der Waals surface area contributed by atoms with E-state index in [0.29, 0.717) is 6.54 Å². The number of anilines is 1. The third-order valence-corrected chi connectivity index (χ3v) is 2.60. The number of hydrogen-bond donors (Lipinski definition) is 1. The molecule has 6 heteroatoms. The van der Waals surface area contributed by atoms with Crippen LogP contribution in [-0.2, 0) is 0 Å². The third-order valence-electron chi connectivity index (χ3n) is 2.60. The Morgan fingerprint density at radius 1 is 1.28 bits per heavy atom. The van der Waals surface area contributed by atoms with Crippen LogP contribution in [0.15, 0.2) is 12.1 Å². The fourth-order valence-corrected chi connectivity index (χ4v) is 1.63. The zero-order valence-electron chi connectivity index (χ0n) is 10.2. The molecule has 0 bridgehead atoms. The van der Waals surface area contributed by atoms with E-state index in [1.165, 1.54) is 0 Å². The van der Waals surface area contributed by atoms with Crippen LogP contribution < -0.4 is 5.32 Å². The molecule has 0 atom stereocenters. The fraction of sp³-hybridized carbons (Fsp3) is 0.500. The molecule has 0 saturated heterocycles. The first-order chi connectivity index (χ1) is 8.57. The van der Waals surface area contributed by atoms with Crippen LogP contribution in [0.1, 0.15) is 32.6 Å². The van der Waals surface area contributed by atoms with Gasteiger partial charge >= 0.3 is 0 Å². The van der Waals surface area contributed by atoms with Crippen molar-refractivity contribution in [3.8, 4) is 0 Å². The maximum atomic E-state index is 13.5. The number of unbranched alkanes of at least 4 members (excludes halogenated alkanes) is 3. The maximum absolute atomic E-state index is 13.5. The van der Waals surface area contributed by atoms with E-state index >= 15 is 0 Å². The van der Waals surface area contributed by atoms with Crippen molar-refractivity contribution in [3.63, 3.8) is 0 Å². The molecule has 0 radical (unpaired) electrons. The topological polar surface area (TPSA) is 55.2 Å². The van der Waals surface area contributed by atoms with E-state index in [0.717, 1.165) is 37.8 Å². The van der Waals surface area contributed by atoms with Crippen molar-refractivity contribution >= 4 is 11.4 Å². The Hall–Kier alpha value is -1.72. The Labute approximate surface area is 104 Å². The zero-order valence-corrected chi connectivity index (χ0v) is 10.2. The molecule has 1 aromatic rings. The summed E-state index contributed by atoms with van der Waals surface area (Å²) in [7, 11) is 0. The first-order valence-electron chi connectivity index (χ1n) is 5.94. The Bertz CT molecular complexity index is 425. The summed E-state index contributed by atoms with van der Waals surface area (Å²) in [6, 6.07) is 1.72. The van der Waals surface area contributed by atoms with Gasteiger partial charge in [-0.15, -0.1) is 0 Å². The number of benzene rings is 1. The van der Waals surface area contributed by atoms with Gasteiger partial charge in [-0.1, -0.05) is 26.2 Å². The second-order valence-corrected chi connectivity index (χ2v) is 4.00. The molecule has 0 aliphatic carbocycles. The summed E-state index contributed by atoms with van der Waals surface area (Å²) < 4.78 is 26.5. The number of nitro benzene ring substituents is 1. The molecule has 0 unspecified atom stereocenters. The van der Waals surface area contributed by atoms with Crippen LogP contribution in [0.25, 0.3) is 0 Å². The van der Waals surface area contributed by atoms with Crippen molar-refractivity contribution in [2.75, 3.05) is 11.9 Å². The molecule has 0 saturated carbocycles. The molecule has 0 amide bonds. The summed E-state index contributed by atoms with van der Waals surface area (Å²) in [5.74, 6) is -2.28. The van der Waals surface area contributed by atoms with Gasteiger partial charge < -0.3 is 5.32 Å². The monoisotopic (exact) mass is 258 g/mol. The van der Waals surface area contributed by atoms with Gasteiger partial charge in [0.25, 0.3) is 5.69 Å². The molecular weight excluding hydrogens is 242 g/mol. The second-order valence-electron chi connectivity index (χ2n) is 4.00. The molecule has 0 aliphatic rings. The van der Waals surface area contributed by atoms with Crippen LogP contribution in [0, 0.1) is 21.7 Å². The van der Waals surface area contributed by atoms with E-state index in [2.05, 4.69) is 12.2 Å². The first-order valence-corrected chi connectivity index (χ1v) is 5.94. The van der Waals surface area contributed by atoms with Crippen LogP contribution >= 0.6 is 0 Å². The van der Waals surface area contributed by atoms with Crippen LogP contribution in [-0.4, -0.2) is 11.5 Å². The summed E-state index contributed by atoms with van der Waals surface area (Å²) in [6.45, 7) is 2.45. The highest BCUT2D eigenvalue weighted by Gasteiger charge is 2.20. The first kappa shape index (κ1) is 14.3. The van der Waals surface area contributed by atoms with Crippen molar-refractivity contribution in [3.05, 3.63) is 33.9 Å². The van der Waals surface area contributed by atoms with Gasteiger partial charge in [-0.2, -0.15) is 0 Å². The summed E-state index contributed by atoms with van der Waals surface area (Å²) in [5.41, 5.74) is -0.805. The van der Waals surface area contributed by atoms with E-state index in [-0.39, 0.29) is 5.69 Å². The summed E-state index contributed by atoms with van der Waals surface area (Å²) >= 11 is 0. The van der Waals surface area contributed by atoms with Gasteiger partial charge in [0.2, 0.25) is 0 Å². The molecule has 4 nitrogen and oxygen atoms in total. The molecule has 0 aliphatic heterocycles. The molecule has 0 spiro atoms. The number of nitro groups is 1. The Balaban J connectivity index is 2.73. The lowest BCUT2D eigenvalue weighted by atomic mass is 10.2. The van der Waals surface area contributed by atoms with Gasteiger partial charge in [0.15, 0.2) is 17.3 Å². The molecule has 0 aromatic heterocycles. The second kappa shape index (κ2) is 6.88. The zero-order chi connectivity index (χ0) is 13.5. The largest absolute Gasteiger partial charge is 0.377 e. The van der Waals surface area contributed by atoms with Crippen molar-refractivity contribution in [2.24, 2.45) is 0 Å². The number of nitrogens with one attached hydrogen (secondary N) is 1. The Morgan fingerprint density at radius 3 is 2.61 bits per heavy atom. The predicted molar refractivity (Wildman–Crippen MR) is 65.6 cm³/mol. The van der Waals surface area contributed by atoms with Crippen molar-refractivity contribution in [1.29, 1.82) is 0 Å². The van der Waals surface area contributed by atoms with Crippen molar-refractivity contribution in [2.45, 2.75) is 32.6 Å². The highest BCUT2D eigenvalue weighted by molar-refractivity contribution is 5.62. The van der Waals surface area contributed by atoms with E-state index in [9.17, 15) is 18.9 Å². The normalized spacial score (nSPS) is 10.4. The van der Waals surface area contributed by atoms with Gasteiger partial charge in [-0.25, -0.2) is 8.78 Å². The van der Waals surface area contributed by atoms with E-state index in [1.54, 1.807) is 0 Å². The number of halogens is 2. The molecular formula is C12H16F2N2O2. The molecule has 1 aromatic carbocycles. The number of nitrogens with zero attached hydrogens (tertiary/aromatic N) is 1. The van der Waals surface area contributed by atoms with Crippen LogP contribution in [0.3, 0.4) is 0 Å². The smallest absolute Gasteiger partial charge is 0.295 e. The number of rotatable bonds is 7. The van der Waals surface area contributed by atoms with Crippen molar-refractivity contribution in [1.82, 2.24) is 0 Å². The third kappa shape index (κ3) is 3.65. The van der Waals surface area contributed by atoms with Crippen LogP contribution in [0.2, 0.25) is 0 Å². The summed E-state index contributed by atoms with van der Waals surface area (Å²) in [6.07, 6.45) is 3.83. The molecule has 1 N–H and O–H groups in total. The lowest BCUT2D eigenvalue weighted by molar-refractivity contribution is -0.384. The Kier molecular flexibility index (Phi) is 5.48. The molecule has 0 fully saturated rings. The quantitative estimate of drug-likeness (QED) is 0.459. The highest BCUT2D eigenvalue weighted by Crippen LogP contribution is 2.28. The average molecular weight is 258 g/mol. The standard InChI is InChI=1S/C12H16F2N2O2/c1-2-3-4-5-8-15-12-10(16(17)18)7-6-9(13)11(12)14/h6-7,15H,2-5,8H2,1H3. The van der Waals surface area contributed by atoms with Gasteiger partial charge in [0, 0.05) is 12.6 Å². The number of hydrogen-bond acceptors (Lipinski definition) is 3. The minimum absolute atomic E-state index is 0.364. The van der Waals surface area contributed by atoms with E-state index < -0.39 is 22.2 Å². The highest BCUT2D eigenvalue weighted by atomic mass is 19.2. The minimum atomic E-state index is -1.19. The predicted octanol–water partition coefficient (Wildman–Crippen LogP) is 3.87. The average Bonchev–Trinajstić information content (AvgIpc) is 2.33. The van der Waals surface area contributed by atoms with E-state index in [4.69, 9.17) is 0 Å². The summed E-state index contributed by atoms with van der Waals surface area (Å²) in [4.78, 5) is 9.97. The SMILES string of the molecule is CCCCCCNc1c([N+](=O)[O-])ccc(F)c1F. The fourth-order valence-electron chi connectivity index (χ4n) is 1.63. The Morgan fingerprint density at radius 2 is 2.00 bits per heavy atom. The van der Waals surface area contributed by atoms with Gasteiger partial charge in [-0.05, 0) is 12.5 Å². The maximum Gasteiger partial charge on any atom is 0.295 e. The van der Waals surface area contributed by atoms with Gasteiger partial charge in [0.05, 0.1) is 4.92 Å². The molecule has 100 valence electrons. The lowest BCUT2D eigenvalue weighted by Crippen LogP contribution is -2.07. The van der Waals surface area contributed by atoms with Gasteiger partial charge in [0.1, 0.15) is 0 Å².